The summed E-state index contributed by atoms with van der Waals surface area (Å²) in [6.07, 6.45) is -2.65. The smallest absolute Gasteiger partial charge is 0.264 e. The summed E-state index contributed by atoms with van der Waals surface area (Å²) in [5.41, 5.74) is -0.183. The summed E-state index contributed by atoms with van der Waals surface area (Å²) in [6, 6.07) is 4.33. The van der Waals surface area contributed by atoms with Crippen LogP contribution in [0.2, 0.25) is 0 Å². The van der Waals surface area contributed by atoms with E-state index in [1.54, 1.807) is 13.0 Å². The van der Waals surface area contributed by atoms with E-state index in [2.05, 4.69) is 31.9 Å². The molecule has 82 valence electrons. The van der Waals surface area contributed by atoms with E-state index >= 15 is 0 Å². The second kappa shape index (κ2) is 5.16. The van der Waals surface area contributed by atoms with E-state index in [4.69, 9.17) is 0 Å². The Kier molecular flexibility index (Phi) is 4.40. The Morgan fingerprint density at radius 2 is 2.00 bits per heavy atom. The van der Waals surface area contributed by atoms with Crippen LogP contribution in [0.5, 0.6) is 0 Å². The molecule has 0 bridgehead atoms. The predicted octanol–water partition coefficient (Wildman–Crippen LogP) is 4.35. The average molecular weight is 342 g/mol. The highest BCUT2D eigenvalue weighted by atomic mass is 79.9. The third-order valence-corrected chi connectivity index (χ3v) is 2.97. The van der Waals surface area contributed by atoms with Crippen LogP contribution in [-0.4, -0.2) is 10.6 Å². The molecule has 0 saturated heterocycles. The van der Waals surface area contributed by atoms with Gasteiger partial charge in [0.25, 0.3) is 6.43 Å². The number of Topliss-reactive ketones (excluding diaryl/α,β-unsaturated/α-hetero) is 1. The maximum atomic E-state index is 12.6. The van der Waals surface area contributed by atoms with Gasteiger partial charge in [-0.1, -0.05) is 44.0 Å². The molecule has 0 amide bonds. The lowest BCUT2D eigenvalue weighted by molar-refractivity contribution is 0.0981. The van der Waals surface area contributed by atoms with Crippen LogP contribution in [-0.2, 0) is 0 Å². The van der Waals surface area contributed by atoms with Crippen molar-refractivity contribution in [3.63, 3.8) is 0 Å². The minimum Gasteiger partial charge on any atom is -0.293 e. The van der Waals surface area contributed by atoms with E-state index in [0.29, 0.717) is 4.47 Å². The maximum absolute atomic E-state index is 12.6. The molecule has 1 atom stereocenters. The fourth-order valence-electron chi connectivity index (χ4n) is 1.18. The van der Waals surface area contributed by atoms with Crippen LogP contribution in [0, 0.1) is 0 Å². The molecule has 5 heteroatoms. The molecule has 0 radical (unpaired) electrons. The van der Waals surface area contributed by atoms with E-state index in [-0.39, 0.29) is 16.9 Å². The van der Waals surface area contributed by atoms with Gasteiger partial charge in [-0.25, -0.2) is 8.78 Å². The molecule has 0 aliphatic carbocycles. The second-order valence-electron chi connectivity index (χ2n) is 2.99. The first-order chi connectivity index (χ1) is 6.95. The van der Waals surface area contributed by atoms with Crippen molar-refractivity contribution in [2.75, 3.05) is 0 Å². The van der Waals surface area contributed by atoms with E-state index in [1.807, 2.05) is 0 Å². The van der Waals surface area contributed by atoms with Crippen LogP contribution in [0.25, 0.3) is 0 Å². The molecule has 0 aromatic heterocycles. The van der Waals surface area contributed by atoms with Gasteiger partial charge >= 0.3 is 0 Å². The highest BCUT2D eigenvalue weighted by molar-refractivity contribution is 9.10. The normalized spacial score (nSPS) is 12.9. The highest BCUT2D eigenvalue weighted by Gasteiger charge is 2.23. The molecule has 0 heterocycles. The van der Waals surface area contributed by atoms with Crippen molar-refractivity contribution >= 4 is 37.6 Å². The molecule has 1 aromatic rings. The first-order valence-corrected chi connectivity index (χ1v) is 5.91. The van der Waals surface area contributed by atoms with Gasteiger partial charge in [0.05, 0.1) is 4.83 Å². The van der Waals surface area contributed by atoms with Crippen molar-refractivity contribution in [3.05, 3.63) is 33.8 Å². The number of halogens is 4. The summed E-state index contributed by atoms with van der Waals surface area (Å²) in [7, 11) is 0. The van der Waals surface area contributed by atoms with Crippen LogP contribution in [0.3, 0.4) is 0 Å². The van der Waals surface area contributed by atoms with Crippen molar-refractivity contribution in [1.82, 2.24) is 0 Å². The number of benzene rings is 1. The van der Waals surface area contributed by atoms with Crippen molar-refractivity contribution in [2.45, 2.75) is 18.2 Å². The average Bonchev–Trinajstić information content (AvgIpc) is 2.16. The van der Waals surface area contributed by atoms with Crippen molar-refractivity contribution in [1.29, 1.82) is 0 Å². The zero-order valence-corrected chi connectivity index (χ0v) is 11.0. The number of hydrogen-bond acceptors (Lipinski definition) is 1. The molecule has 15 heavy (non-hydrogen) atoms. The Balaban J connectivity index is 3.31. The topological polar surface area (TPSA) is 17.1 Å². The zero-order chi connectivity index (χ0) is 11.6. The fourth-order valence-corrected chi connectivity index (χ4v) is 1.99. The van der Waals surface area contributed by atoms with Gasteiger partial charge in [-0.3, -0.25) is 4.79 Å². The number of rotatable bonds is 3. The summed E-state index contributed by atoms with van der Waals surface area (Å²) in [6.45, 7) is 1.61. The minimum atomic E-state index is -2.65. The molecule has 0 aliphatic heterocycles. The number of hydrogen-bond donors (Lipinski definition) is 0. The summed E-state index contributed by atoms with van der Waals surface area (Å²) >= 11 is 6.19. The van der Waals surface area contributed by atoms with Crippen molar-refractivity contribution in [3.8, 4) is 0 Å². The van der Waals surface area contributed by atoms with E-state index in [1.165, 1.54) is 12.1 Å². The monoisotopic (exact) mass is 340 g/mol. The Bertz CT molecular complexity index is 378. The Morgan fingerprint density at radius 3 is 2.47 bits per heavy atom. The van der Waals surface area contributed by atoms with E-state index < -0.39 is 11.3 Å². The Hall–Kier alpha value is -0.290. The molecule has 0 N–H and O–H groups in total. The maximum Gasteiger partial charge on any atom is 0.264 e. The number of carbonyl (C=O) groups excluding carboxylic acids is 1. The van der Waals surface area contributed by atoms with Crippen LogP contribution in [0.1, 0.15) is 29.3 Å². The first-order valence-electron chi connectivity index (χ1n) is 4.20. The summed E-state index contributed by atoms with van der Waals surface area (Å²) in [5, 5.41) is 0. The summed E-state index contributed by atoms with van der Waals surface area (Å²) < 4.78 is 25.7. The quantitative estimate of drug-likeness (QED) is 0.590. The number of alkyl halides is 3. The Morgan fingerprint density at radius 1 is 1.40 bits per heavy atom. The molecule has 0 spiro atoms. The number of ketones is 1. The molecule has 0 saturated carbocycles. The molecule has 1 rings (SSSR count). The molecule has 1 aromatic carbocycles. The van der Waals surface area contributed by atoms with Crippen LogP contribution in [0.15, 0.2) is 22.7 Å². The van der Waals surface area contributed by atoms with Gasteiger partial charge < -0.3 is 0 Å². The van der Waals surface area contributed by atoms with Crippen molar-refractivity contribution < 1.29 is 13.6 Å². The van der Waals surface area contributed by atoms with E-state index in [0.717, 1.165) is 0 Å². The van der Waals surface area contributed by atoms with Gasteiger partial charge in [0.15, 0.2) is 5.78 Å². The lowest BCUT2D eigenvalue weighted by Crippen LogP contribution is -2.13. The van der Waals surface area contributed by atoms with Crippen molar-refractivity contribution in [2.24, 2.45) is 0 Å². The second-order valence-corrected chi connectivity index (χ2v) is 5.21. The SMILES string of the molecule is CC(Br)C(=O)c1c(Br)cccc1C(F)F. The van der Waals surface area contributed by atoms with Gasteiger partial charge in [-0.2, -0.15) is 0 Å². The van der Waals surface area contributed by atoms with Crippen LogP contribution in [0.4, 0.5) is 8.78 Å². The van der Waals surface area contributed by atoms with Gasteiger partial charge in [-0.05, 0) is 13.0 Å². The Labute approximate surface area is 103 Å². The lowest BCUT2D eigenvalue weighted by Gasteiger charge is -2.11. The number of carbonyl (C=O) groups is 1. The molecule has 0 fully saturated rings. The molecular formula is C10H8Br2F2O. The van der Waals surface area contributed by atoms with Gasteiger partial charge in [0, 0.05) is 15.6 Å². The summed E-state index contributed by atoms with van der Waals surface area (Å²) in [5.74, 6) is -0.349. The standard InChI is InChI=1S/C10H8Br2F2O/c1-5(11)9(15)8-6(10(13)14)3-2-4-7(8)12/h2-5,10H,1H3. The van der Waals surface area contributed by atoms with Gasteiger partial charge in [0.2, 0.25) is 0 Å². The highest BCUT2D eigenvalue weighted by Crippen LogP contribution is 2.30. The first kappa shape index (κ1) is 12.8. The predicted molar refractivity (Wildman–Crippen MR) is 61.8 cm³/mol. The van der Waals surface area contributed by atoms with Gasteiger partial charge in [-0.15, -0.1) is 0 Å². The minimum absolute atomic E-state index is 0.0527. The summed E-state index contributed by atoms with van der Waals surface area (Å²) in [4.78, 5) is 11.2. The molecule has 1 unspecified atom stereocenters. The third kappa shape index (κ3) is 2.84. The van der Waals surface area contributed by atoms with E-state index in [9.17, 15) is 13.6 Å². The molecule has 0 aliphatic rings. The van der Waals surface area contributed by atoms with Crippen LogP contribution >= 0.6 is 31.9 Å². The lowest BCUT2D eigenvalue weighted by atomic mass is 10.0. The third-order valence-electron chi connectivity index (χ3n) is 1.89. The molecule has 1 nitrogen and oxygen atoms in total. The largest absolute Gasteiger partial charge is 0.293 e. The van der Waals surface area contributed by atoms with Crippen LogP contribution < -0.4 is 0 Å². The fraction of sp³-hybridized carbons (Fsp3) is 0.300. The van der Waals surface area contributed by atoms with Gasteiger partial charge in [0.1, 0.15) is 0 Å². The zero-order valence-electron chi connectivity index (χ0n) is 7.81. The molecular weight excluding hydrogens is 334 g/mol.